The van der Waals surface area contributed by atoms with Gasteiger partial charge in [-0.05, 0) is 29.7 Å². The Balaban J connectivity index is 2.01. The summed E-state index contributed by atoms with van der Waals surface area (Å²) < 4.78 is 28.0. The van der Waals surface area contributed by atoms with Crippen molar-refractivity contribution in [1.82, 2.24) is 4.72 Å². The summed E-state index contributed by atoms with van der Waals surface area (Å²) in [5, 5.41) is 19.5. The van der Waals surface area contributed by atoms with Gasteiger partial charge in [0.2, 0.25) is 10.0 Å². The molecule has 0 saturated heterocycles. The number of hydrogen-bond acceptors (Lipinski definition) is 4. The summed E-state index contributed by atoms with van der Waals surface area (Å²) in [4.78, 5) is -0.0587. The van der Waals surface area contributed by atoms with Crippen molar-refractivity contribution in [2.45, 2.75) is 30.4 Å². The Morgan fingerprint density at radius 3 is 2.70 bits per heavy atom. The summed E-state index contributed by atoms with van der Waals surface area (Å²) in [5.74, 6) is 0. The summed E-state index contributed by atoms with van der Waals surface area (Å²) in [5.41, 5.74) is 2.43. The summed E-state index contributed by atoms with van der Waals surface area (Å²) in [6.07, 6.45) is -0.417. The zero-order valence-corrected chi connectivity index (χ0v) is 13.3. The van der Waals surface area contributed by atoms with Gasteiger partial charge < -0.3 is 5.11 Å². The van der Waals surface area contributed by atoms with Crippen LogP contribution in [0.1, 0.15) is 28.3 Å². The van der Waals surface area contributed by atoms with E-state index in [0.717, 1.165) is 11.1 Å². The molecule has 0 heterocycles. The summed E-state index contributed by atoms with van der Waals surface area (Å²) in [6.45, 7) is 1.69. The molecule has 118 valence electrons. The number of nitriles is 1. The molecule has 5 nitrogen and oxygen atoms in total. The van der Waals surface area contributed by atoms with Crippen molar-refractivity contribution >= 4 is 10.0 Å². The van der Waals surface area contributed by atoms with E-state index in [9.17, 15) is 18.8 Å². The SMILES string of the molecule is Cc1cccc(S(=O)(=O)N[C@H]2c3ccccc3C[C@H]2O)c1C#N. The van der Waals surface area contributed by atoms with Crippen LogP contribution < -0.4 is 4.72 Å². The summed E-state index contributed by atoms with van der Waals surface area (Å²) >= 11 is 0. The molecule has 0 radical (unpaired) electrons. The van der Waals surface area contributed by atoms with Crippen LogP contribution >= 0.6 is 0 Å². The molecule has 0 aromatic heterocycles. The highest BCUT2D eigenvalue weighted by Gasteiger charge is 2.35. The normalized spacial score (nSPS) is 20.0. The van der Waals surface area contributed by atoms with E-state index >= 15 is 0 Å². The number of nitrogens with zero attached hydrogens (tertiary/aromatic N) is 1. The largest absolute Gasteiger partial charge is 0.391 e. The molecule has 0 unspecified atom stereocenters. The van der Waals surface area contributed by atoms with Gasteiger partial charge >= 0.3 is 0 Å². The number of hydrogen-bond donors (Lipinski definition) is 2. The fraction of sp³-hybridized carbons (Fsp3) is 0.235. The Hall–Kier alpha value is -2.20. The minimum atomic E-state index is -3.92. The fourth-order valence-electron chi connectivity index (χ4n) is 2.95. The van der Waals surface area contributed by atoms with Gasteiger partial charge in [-0.15, -0.1) is 0 Å². The third kappa shape index (κ3) is 2.75. The maximum Gasteiger partial charge on any atom is 0.242 e. The second kappa shape index (κ2) is 5.78. The number of sulfonamides is 1. The maximum absolute atomic E-state index is 12.7. The van der Waals surface area contributed by atoms with Crippen molar-refractivity contribution in [2.24, 2.45) is 0 Å². The van der Waals surface area contributed by atoms with Crippen molar-refractivity contribution in [3.05, 3.63) is 64.7 Å². The number of rotatable bonds is 3. The highest BCUT2D eigenvalue weighted by molar-refractivity contribution is 7.89. The molecule has 6 heteroatoms. The lowest BCUT2D eigenvalue weighted by Gasteiger charge is -2.18. The Bertz CT molecular complexity index is 900. The van der Waals surface area contributed by atoms with Crippen molar-refractivity contribution < 1.29 is 13.5 Å². The van der Waals surface area contributed by atoms with Gasteiger partial charge in [-0.2, -0.15) is 5.26 Å². The molecule has 0 saturated carbocycles. The molecule has 1 aliphatic rings. The van der Waals surface area contributed by atoms with Gasteiger partial charge in [-0.25, -0.2) is 13.1 Å². The zero-order chi connectivity index (χ0) is 16.6. The third-order valence-corrected chi connectivity index (χ3v) is 5.61. The molecule has 23 heavy (non-hydrogen) atoms. The van der Waals surface area contributed by atoms with E-state index in [1.165, 1.54) is 6.07 Å². The van der Waals surface area contributed by atoms with E-state index in [-0.39, 0.29) is 10.5 Å². The minimum absolute atomic E-state index is 0.0587. The van der Waals surface area contributed by atoms with Gasteiger partial charge in [0.05, 0.1) is 17.7 Å². The average molecular weight is 328 g/mol. The molecule has 2 atom stereocenters. The molecular formula is C17H16N2O3S. The number of aliphatic hydroxyl groups excluding tert-OH is 1. The molecule has 2 N–H and O–H groups in total. The first-order valence-electron chi connectivity index (χ1n) is 7.22. The molecule has 0 fully saturated rings. The number of benzene rings is 2. The van der Waals surface area contributed by atoms with Crippen molar-refractivity contribution in [2.75, 3.05) is 0 Å². The first kappa shape index (κ1) is 15.7. The summed E-state index contributed by atoms with van der Waals surface area (Å²) in [6, 6.07) is 13.3. The highest BCUT2D eigenvalue weighted by atomic mass is 32.2. The van der Waals surface area contributed by atoms with Crippen LogP contribution in [0.25, 0.3) is 0 Å². The standard InChI is InChI=1S/C17H16N2O3S/c1-11-5-4-8-16(14(11)10-18)23(21,22)19-17-13-7-3-2-6-12(13)9-15(17)20/h2-8,15,17,19-20H,9H2,1H3/t15-,17+/m1/s1. The van der Waals surface area contributed by atoms with E-state index in [0.29, 0.717) is 12.0 Å². The second-order valence-corrected chi connectivity index (χ2v) is 7.31. The van der Waals surface area contributed by atoms with E-state index in [4.69, 9.17) is 0 Å². The van der Waals surface area contributed by atoms with Crippen LogP contribution in [0.3, 0.4) is 0 Å². The van der Waals surface area contributed by atoms with E-state index in [2.05, 4.69) is 4.72 Å². The van der Waals surface area contributed by atoms with Crippen LogP contribution in [0.4, 0.5) is 0 Å². The van der Waals surface area contributed by atoms with E-state index in [1.807, 2.05) is 24.3 Å². The fourth-order valence-corrected chi connectivity index (χ4v) is 4.43. The van der Waals surface area contributed by atoms with Gasteiger partial charge in [0.15, 0.2) is 0 Å². The topological polar surface area (TPSA) is 90.2 Å². The Morgan fingerprint density at radius 1 is 1.22 bits per heavy atom. The zero-order valence-electron chi connectivity index (χ0n) is 12.5. The number of aliphatic hydroxyl groups is 1. The van der Waals surface area contributed by atoms with Crippen LogP contribution in [0.5, 0.6) is 0 Å². The molecule has 2 aromatic rings. The van der Waals surface area contributed by atoms with Gasteiger partial charge in [-0.3, -0.25) is 0 Å². The first-order valence-corrected chi connectivity index (χ1v) is 8.70. The van der Waals surface area contributed by atoms with E-state index < -0.39 is 22.2 Å². The van der Waals surface area contributed by atoms with Crippen molar-refractivity contribution in [1.29, 1.82) is 5.26 Å². The Kier molecular flexibility index (Phi) is 3.94. The molecule has 0 bridgehead atoms. The quantitative estimate of drug-likeness (QED) is 0.899. The molecular weight excluding hydrogens is 312 g/mol. The average Bonchev–Trinajstić information content (AvgIpc) is 2.83. The molecule has 2 aromatic carbocycles. The smallest absolute Gasteiger partial charge is 0.242 e. The van der Waals surface area contributed by atoms with Crippen LogP contribution in [0.15, 0.2) is 47.4 Å². The highest BCUT2D eigenvalue weighted by Crippen LogP contribution is 2.33. The van der Waals surface area contributed by atoms with Gasteiger partial charge in [0, 0.05) is 6.42 Å². The van der Waals surface area contributed by atoms with Crippen LogP contribution in [-0.2, 0) is 16.4 Å². The van der Waals surface area contributed by atoms with Crippen LogP contribution in [0.2, 0.25) is 0 Å². The van der Waals surface area contributed by atoms with Crippen LogP contribution in [-0.4, -0.2) is 19.6 Å². The number of aryl methyl sites for hydroxylation is 1. The molecule has 3 rings (SSSR count). The molecule has 0 amide bonds. The van der Waals surface area contributed by atoms with Crippen LogP contribution in [0, 0.1) is 18.3 Å². The lowest BCUT2D eigenvalue weighted by Crippen LogP contribution is -2.34. The molecule has 1 aliphatic carbocycles. The maximum atomic E-state index is 12.7. The number of nitrogens with one attached hydrogen (secondary N) is 1. The predicted molar refractivity (Wildman–Crippen MR) is 85.1 cm³/mol. The third-order valence-electron chi connectivity index (χ3n) is 4.12. The molecule has 0 spiro atoms. The van der Waals surface area contributed by atoms with E-state index in [1.54, 1.807) is 25.1 Å². The number of fused-ring (bicyclic) bond motifs is 1. The molecule has 0 aliphatic heterocycles. The van der Waals surface area contributed by atoms with Crippen molar-refractivity contribution in [3.63, 3.8) is 0 Å². The van der Waals surface area contributed by atoms with Gasteiger partial charge in [0.25, 0.3) is 0 Å². The minimum Gasteiger partial charge on any atom is -0.391 e. The van der Waals surface area contributed by atoms with Crippen molar-refractivity contribution in [3.8, 4) is 6.07 Å². The lowest BCUT2D eigenvalue weighted by molar-refractivity contribution is 0.151. The Labute approximate surface area is 135 Å². The Morgan fingerprint density at radius 2 is 1.96 bits per heavy atom. The predicted octanol–water partition coefficient (Wildman–Crippen LogP) is 1.80. The lowest BCUT2D eigenvalue weighted by atomic mass is 10.1. The van der Waals surface area contributed by atoms with Gasteiger partial charge in [-0.1, -0.05) is 36.4 Å². The van der Waals surface area contributed by atoms with Gasteiger partial charge in [0.1, 0.15) is 11.0 Å². The first-order chi connectivity index (χ1) is 10.9. The summed E-state index contributed by atoms with van der Waals surface area (Å²) in [7, 11) is -3.92. The monoisotopic (exact) mass is 328 g/mol. The second-order valence-electron chi connectivity index (χ2n) is 5.63.